The van der Waals surface area contributed by atoms with Crippen LogP contribution >= 0.6 is 0 Å². The Bertz CT molecular complexity index is 452. The van der Waals surface area contributed by atoms with Crippen LogP contribution in [-0.2, 0) is 10.2 Å². The first-order valence-corrected chi connectivity index (χ1v) is 6.12. The van der Waals surface area contributed by atoms with E-state index >= 15 is 0 Å². The van der Waals surface area contributed by atoms with Gasteiger partial charge in [-0.25, -0.2) is 4.99 Å². The van der Waals surface area contributed by atoms with Crippen molar-refractivity contribution in [1.82, 2.24) is 0 Å². The zero-order chi connectivity index (χ0) is 12.7. The normalized spacial score (nSPS) is 18.8. The molecule has 0 spiro atoms. The summed E-state index contributed by atoms with van der Waals surface area (Å²) in [4.78, 5) is 4.66. The molecule has 0 aromatic heterocycles. The van der Waals surface area contributed by atoms with Crippen LogP contribution in [0.4, 0.5) is 0 Å². The summed E-state index contributed by atoms with van der Waals surface area (Å²) in [7, 11) is 0. The number of aliphatic imine (C=N–C) groups is 1. The molecule has 0 saturated heterocycles. The second-order valence-electron chi connectivity index (χ2n) is 6.31. The highest BCUT2D eigenvalue weighted by Gasteiger charge is 2.29. The lowest BCUT2D eigenvalue weighted by molar-refractivity contribution is 0.279. The molecule has 17 heavy (non-hydrogen) atoms. The van der Waals surface area contributed by atoms with Crippen molar-refractivity contribution in [3.05, 3.63) is 35.4 Å². The van der Waals surface area contributed by atoms with Crippen molar-refractivity contribution < 1.29 is 4.74 Å². The zero-order valence-corrected chi connectivity index (χ0v) is 11.4. The van der Waals surface area contributed by atoms with Gasteiger partial charge in [-0.2, -0.15) is 0 Å². The Hall–Kier alpha value is -1.31. The zero-order valence-electron chi connectivity index (χ0n) is 11.4. The summed E-state index contributed by atoms with van der Waals surface area (Å²) in [6, 6.07) is 8.37. The van der Waals surface area contributed by atoms with Gasteiger partial charge in [0.15, 0.2) is 0 Å². The predicted molar refractivity (Wildman–Crippen MR) is 71.7 cm³/mol. The van der Waals surface area contributed by atoms with Crippen LogP contribution in [0.3, 0.4) is 0 Å². The molecule has 0 N–H and O–H groups in total. The predicted octanol–water partition coefficient (Wildman–Crippen LogP) is 3.54. The van der Waals surface area contributed by atoms with Crippen LogP contribution in [0.1, 0.15) is 45.7 Å². The maximum atomic E-state index is 5.74. The van der Waals surface area contributed by atoms with Crippen molar-refractivity contribution in [2.45, 2.75) is 45.6 Å². The first kappa shape index (κ1) is 12.2. The number of benzene rings is 1. The Balaban J connectivity index is 2.47. The number of rotatable bonds is 1. The van der Waals surface area contributed by atoms with Crippen molar-refractivity contribution in [3.8, 4) is 0 Å². The van der Waals surface area contributed by atoms with Crippen LogP contribution in [0.2, 0.25) is 0 Å². The summed E-state index contributed by atoms with van der Waals surface area (Å²) in [6.07, 6.45) is 0. The van der Waals surface area contributed by atoms with E-state index in [1.54, 1.807) is 0 Å². The van der Waals surface area contributed by atoms with Crippen molar-refractivity contribution in [3.63, 3.8) is 0 Å². The maximum Gasteiger partial charge on any atom is 0.217 e. The van der Waals surface area contributed by atoms with Gasteiger partial charge in [0.25, 0.3) is 0 Å². The van der Waals surface area contributed by atoms with Gasteiger partial charge in [-0.15, -0.1) is 0 Å². The van der Waals surface area contributed by atoms with Crippen LogP contribution < -0.4 is 0 Å². The number of ether oxygens (including phenoxy) is 1. The van der Waals surface area contributed by atoms with Crippen LogP contribution in [0.5, 0.6) is 0 Å². The summed E-state index contributed by atoms with van der Waals surface area (Å²) < 4.78 is 5.74. The highest BCUT2D eigenvalue weighted by atomic mass is 16.5. The van der Waals surface area contributed by atoms with E-state index in [0.717, 1.165) is 11.5 Å². The quantitative estimate of drug-likeness (QED) is 0.724. The molecular formula is C15H21NO. The van der Waals surface area contributed by atoms with Crippen LogP contribution in [0.15, 0.2) is 29.3 Å². The Morgan fingerprint density at radius 2 is 1.82 bits per heavy atom. The van der Waals surface area contributed by atoms with Crippen molar-refractivity contribution in [2.24, 2.45) is 4.99 Å². The Labute approximate surface area is 104 Å². The van der Waals surface area contributed by atoms with E-state index in [-0.39, 0.29) is 11.0 Å². The van der Waals surface area contributed by atoms with E-state index < -0.39 is 0 Å². The minimum Gasteiger partial charge on any atom is -0.475 e. The topological polar surface area (TPSA) is 21.6 Å². The van der Waals surface area contributed by atoms with Crippen molar-refractivity contribution in [2.75, 3.05) is 6.61 Å². The summed E-state index contributed by atoms with van der Waals surface area (Å²) in [6.45, 7) is 11.5. The molecule has 0 fully saturated rings. The lowest BCUT2D eigenvalue weighted by Gasteiger charge is -2.22. The number of hydrogen-bond donors (Lipinski definition) is 0. The first-order valence-electron chi connectivity index (χ1n) is 6.12. The molecule has 0 aliphatic carbocycles. The monoisotopic (exact) mass is 231 g/mol. The maximum absolute atomic E-state index is 5.74. The summed E-state index contributed by atoms with van der Waals surface area (Å²) in [5.41, 5.74) is 2.43. The third-order valence-corrected chi connectivity index (χ3v) is 2.93. The van der Waals surface area contributed by atoms with E-state index in [1.165, 1.54) is 5.56 Å². The molecule has 0 amide bonds. The van der Waals surface area contributed by atoms with Gasteiger partial charge in [-0.3, -0.25) is 0 Å². The second kappa shape index (κ2) is 3.86. The first-order chi connectivity index (χ1) is 7.80. The molecule has 2 heteroatoms. The highest BCUT2D eigenvalue weighted by Crippen LogP contribution is 2.29. The average molecular weight is 231 g/mol. The second-order valence-corrected chi connectivity index (χ2v) is 6.31. The smallest absolute Gasteiger partial charge is 0.217 e. The standard InChI is InChI=1S/C15H21NO/c1-14(2,3)12-9-7-6-8-11(12)13-16-15(4,5)10-17-13/h6-9H,10H2,1-5H3. The van der Waals surface area contributed by atoms with Crippen LogP contribution in [-0.4, -0.2) is 18.0 Å². The number of hydrogen-bond acceptors (Lipinski definition) is 2. The molecule has 1 aliphatic rings. The molecule has 1 aliphatic heterocycles. The van der Waals surface area contributed by atoms with Crippen molar-refractivity contribution >= 4 is 5.90 Å². The summed E-state index contributed by atoms with van der Waals surface area (Å²) in [5, 5.41) is 0. The lowest BCUT2D eigenvalue weighted by Crippen LogP contribution is -2.17. The summed E-state index contributed by atoms with van der Waals surface area (Å²) in [5.74, 6) is 0.792. The fourth-order valence-corrected chi connectivity index (χ4v) is 2.05. The Kier molecular flexibility index (Phi) is 2.76. The van der Waals surface area contributed by atoms with E-state index in [2.05, 4.69) is 57.8 Å². The minimum atomic E-state index is -0.0969. The molecule has 0 atom stereocenters. The van der Waals surface area contributed by atoms with E-state index in [4.69, 9.17) is 4.74 Å². The molecule has 0 saturated carbocycles. The third kappa shape index (κ3) is 2.51. The molecule has 1 heterocycles. The fraction of sp³-hybridized carbons (Fsp3) is 0.533. The van der Waals surface area contributed by atoms with E-state index in [1.807, 2.05) is 6.07 Å². The average Bonchev–Trinajstić information content (AvgIpc) is 2.58. The molecule has 1 aromatic carbocycles. The van der Waals surface area contributed by atoms with E-state index in [0.29, 0.717) is 6.61 Å². The largest absolute Gasteiger partial charge is 0.475 e. The molecule has 2 nitrogen and oxygen atoms in total. The molecule has 92 valence electrons. The molecule has 0 radical (unpaired) electrons. The van der Waals surface area contributed by atoms with Gasteiger partial charge < -0.3 is 4.74 Å². The van der Waals surface area contributed by atoms with Gasteiger partial charge in [0.05, 0.1) is 5.54 Å². The van der Waals surface area contributed by atoms with Gasteiger partial charge in [-0.1, -0.05) is 39.0 Å². The highest BCUT2D eigenvalue weighted by molar-refractivity contribution is 5.97. The molecule has 0 unspecified atom stereocenters. The van der Waals surface area contributed by atoms with Crippen molar-refractivity contribution in [1.29, 1.82) is 0 Å². The van der Waals surface area contributed by atoms with Gasteiger partial charge in [-0.05, 0) is 30.9 Å². The molecule has 2 rings (SSSR count). The Morgan fingerprint density at radius 3 is 2.35 bits per heavy atom. The van der Waals surface area contributed by atoms with Crippen LogP contribution in [0.25, 0.3) is 0 Å². The SMILES string of the molecule is CC1(C)COC(c2ccccc2C(C)(C)C)=N1. The molecular weight excluding hydrogens is 210 g/mol. The van der Waals surface area contributed by atoms with Gasteiger partial charge in [0.1, 0.15) is 6.61 Å². The molecule has 0 bridgehead atoms. The molecule has 1 aromatic rings. The fourth-order valence-electron chi connectivity index (χ4n) is 2.05. The van der Waals surface area contributed by atoms with Gasteiger partial charge >= 0.3 is 0 Å². The van der Waals surface area contributed by atoms with E-state index in [9.17, 15) is 0 Å². The van der Waals surface area contributed by atoms with Gasteiger partial charge in [0.2, 0.25) is 5.90 Å². The number of nitrogens with zero attached hydrogens (tertiary/aromatic N) is 1. The van der Waals surface area contributed by atoms with Gasteiger partial charge in [0, 0.05) is 5.56 Å². The minimum absolute atomic E-state index is 0.0969. The summed E-state index contributed by atoms with van der Waals surface area (Å²) >= 11 is 0. The Morgan fingerprint density at radius 1 is 1.18 bits per heavy atom. The van der Waals surface area contributed by atoms with Crippen LogP contribution in [0, 0.1) is 0 Å². The lowest BCUT2D eigenvalue weighted by atomic mass is 9.84. The third-order valence-electron chi connectivity index (χ3n) is 2.93.